The van der Waals surface area contributed by atoms with Gasteiger partial charge < -0.3 is 30.0 Å². The molecule has 0 spiro atoms. The van der Waals surface area contributed by atoms with Crippen LogP contribution in [0.2, 0.25) is 0 Å². The van der Waals surface area contributed by atoms with Crippen LogP contribution in [0.1, 0.15) is 23.8 Å². The molecule has 1 fully saturated rings. The van der Waals surface area contributed by atoms with Gasteiger partial charge in [-0.1, -0.05) is 18.2 Å². The van der Waals surface area contributed by atoms with Gasteiger partial charge in [0.05, 0.1) is 32.5 Å². The number of quaternary nitrogens is 1. The molecule has 0 saturated carbocycles. The number of anilines is 1. The molecule has 2 atom stereocenters. The standard InChI is InChI=1S/C20H24N4O6/c1-3-30-16(26)10-14-19(27)21-8-9-24(14)11-15(25)23-17-12-6-4-5-7-13(12)22-18(17)20(28)29-2/h4-7,14,22H,3,8-11H2,1-2H3,(H,21,27)(H,23,25)/p+1/t14-/m1/s1. The number of rotatable bonds is 7. The second-order valence-corrected chi connectivity index (χ2v) is 6.90. The Kier molecular flexibility index (Phi) is 6.68. The summed E-state index contributed by atoms with van der Waals surface area (Å²) in [5, 5.41) is 6.16. The molecule has 1 aliphatic heterocycles. The number of benzene rings is 1. The van der Waals surface area contributed by atoms with Gasteiger partial charge in [-0.15, -0.1) is 0 Å². The van der Waals surface area contributed by atoms with Crippen molar-refractivity contribution in [3.63, 3.8) is 0 Å². The van der Waals surface area contributed by atoms with Crippen molar-refractivity contribution in [1.29, 1.82) is 0 Å². The zero-order valence-corrected chi connectivity index (χ0v) is 16.9. The van der Waals surface area contributed by atoms with Gasteiger partial charge in [0.25, 0.3) is 11.8 Å². The molecule has 1 aromatic carbocycles. The Morgan fingerprint density at radius 1 is 1.27 bits per heavy atom. The van der Waals surface area contributed by atoms with Crippen LogP contribution in [-0.4, -0.2) is 68.1 Å². The lowest BCUT2D eigenvalue weighted by Gasteiger charge is -2.30. The first-order chi connectivity index (χ1) is 14.4. The number of nitrogens with one attached hydrogen (secondary N) is 4. The summed E-state index contributed by atoms with van der Waals surface area (Å²) in [6, 6.07) is 6.45. The van der Waals surface area contributed by atoms with E-state index in [0.717, 1.165) is 0 Å². The number of fused-ring (bicyclic) bond motifs is 1. The average Bonchev–Trinajstić information content (AvgIpc) is 3.08. The van der Waals surface area contributed by atoms with E-state index in [2.05, 4.69) is 15.6 Å². The van der Waals surface area contributed by atoms with E-state index in [1.165, 1.54) is 7.11 Å². The van der Waals surface area contributed by atoms with Crippen LogP contribution in [0.5, 0.6) is 0 Å². The molecule has 30 heavy (non-hydrogen) atoms. The lowest BCUT2D eigenvalue weighted by Crippen LogP contribution is -3.20. The molecule has 0 bridgehead atoms. The number of aromatic amines is 1. The highest BCUT2D eigenvalue weighted by Gasteiger charge is 2.37. The van der Waals surface area contributed by atoms with E-state index in [0.29, 0.717) is 34.6 Å². The molecule has 1 unspecified atom stereocenters. The third-order valence-corrected chi connectivity index (χ3v) is 4.98. The van der Waals surface area contributed by atoms with Gasteiger partial charge in [0.2, 0.25) is 0 Å². The second kappa shape index (κ2) is 9.40. The van der Waals surface area contributed by atoms with Crippen molar-refractivity contribution in [2.75, 3.05) is 38.7 Å². The Labute approximate surface area is 172 Å². The molecule has 10 heteroatoms. The molecule has 3 rings (SSSR count). The topological polar surface area (TPSA) is 131 Å². The lowest BCUT2D eigenvalue weighted by molar-refractivity contribution is -0.909. The fraction of sp³-hybridized carbons (Fsp3) is 0.400. The molecule has 0 radical (unpaired) electrons. The number of carbonyl (C=O) groups is 4. The smallest absolute Gasteiger partial charge is 0.356 e. The lowest BCUT2D eigenvalue weighted by atomic mass is 10.1. The Morgan fingerprint density at radius 3 is 2.77 bits per heavy atom. The van der Waals surface area contributed by atoms with Gasteiger partial charge in [0.15, 0.2) is 12.6 Å². The van der Waals surface area contributed by atoms with Gasteiger partial charge in [0.1, 0.15) is 12.1 Å². The van der Waals surface area contributed by atoms with E-state index >= 15 is 0 Å². The van der Waals surface area contributed by atoms with Crippen LogP contribution >= 0.6 is 0 Å². The number of carbonyl (C=O) groups excluding carboxylic acids is 4. The quantitative estimate of drug-likeness (QED) is 0.438. The van der Waals surface area contributed by atoms with E-state index < -0.39 is 18.0 Å². The zero-order chi connectivity index (χ0) is 21.7. The molecule has 4 N–H and O–H groups in total. The Hall–Kier alpha value is -3.40. The number of hydrogen-bond acceptors (Lipinski definition) is 6. The van der Waals surface area contributed by atoms with Crippen LogP contribution < -0.4 is 15.5 Å². The van der Waals surface area contributed by atoms with Crippen LogP contribution in [0.4, 0.5) is 5.69 Å². The molecular weight excluding hydrogens is 392 g/mol. The third-order valence-electron chi connectivity index (χ3n) is 4.98. The Bertz CT molecular complexity index is 969. The summed E-state index contributed by atoms with van der Waals surface area (Å²) in [6.07, 6.45) is -0.108. The molecule has 1 saturated heterocycles. The highest BCUT2D eigenvalue weighted by Crippen LogP contribution is 2.28. The summed E-state index contributed by atoms with van der Waals surface area (Å²) in [5.74, 6) is -1.77. The zero-order valence-electron chi connectivity index (χ0n) is 16.9. The van der Waals surface area contributed by atoms with Crippen molar-refractivity contribution in [1.82, 2.24) is 10.3 Å². The molecule has 2 aromatic rings. The number of amides is 2. The first-order valence-electron chi connectivity index (χ1n) is 9.71. The monoisotopic (exact) mass is 417 g/mol. The second-order valence-electron chi connectivity index (χ2n) is 6.90. The van der Waals surface area contributed by atoms with Gasteiger partial charge in [-0.25, -0.2) is 4.79 Å². The van der Waals surface area contributed by atoms with E-state index in [1.54, 1.807) is 25.1 Å². The van der Waals surface area contributed by atoms with Gasteiger partial charge >= 0.3 is 11.9 Å². The van der Waals surface area contributed by atoms with E-state index in [4.69, 9.17) is 9.47 Å². The number of esters is 2. The molecule has 2 amide bonds. The molecular formula is C20H25N4O6+. The Morgan fingerprint density at radius 2 is 2.03 bits per heavy atom. The van der Waals surface area contributed by atoms with Crippen LogP contribution in [-0.2, 0) is 23.9 Å². The predicted molar refractivity (Wildman–Crippen MR) is 107 cm³/mol. The van der Waals surface area contributed by atoms with Gasteiger partial charge in [-0.2, -0.15) is 0 Å². The van der Waals surface area contributed by atoms with Crippen molar-refractivity contribution >= 4 is 40.3 Å². The van der Waals surface area contributed by atoms with Crippen molar-refractivity contribution in [2.24, 2.45) is 0 Å². The minimum Gasteiger partial charge on any atom is -0.466 e. The van der Waals surface area contributed by atoms with Gasteiger partial charge in [-0.05, 0) is 13.0 Å². The Balaban J connectivity index is 1.78. The molecule has 0 aliphatic carbocycles. The van der Waals surface area contributed by atoms with Crippen molar-refractivity contribution < 1.29 is 33.6 Å². The molecule has 160 valence electrons. The number of ether oxygens (including phenoxy) is 2. The normalized spacial score (nSPS) is 18.5. The summed E-state index contributed by atoms with van der Waals surface area (Å²) in [4.78, 5) is 52.7. The summed E-state index contributed by atoms with van der Waals surface area (Å²) >= 11 is 0. The highest BCUT2D eigenvalue weighted by molar-refractivity contribution is 6.11. The van der Waals surface area contributed by atoms with Crippen LogP contribution in [0.15, 0.2) is 24.3 Å². The fourth-order valence-corrected chi connectivity index (χ4v) is 3.58. The molecule has 2 heterocycles. The van der Waals surface area contributed by atoms with Crippen molar-refractivity contribution in [3.05, 3.63) is 30.0 Å². The highest BCUT2D eigenvalue weighted by atomic mass is 16.5. The van der Waals surface area contributed by atoms with Crippen molar-refractivity contribution in [3.8, 4) is 0 Å². The van der Waals surface area contributed by atoms with E-state index in [1.807, 2.05) is 6.07 Å². The third kappa shape index (κ3) is 4.60. The average molecular weight is 417 g/mol. The number of piperazine rings is 1. The minimum absolute atomic E-state index is 0.0440. The summed E-state index contributed by atoms with van der Waals surface area (Å²) in [5.41, 5.74) is 1.14. The largest absolute Gasteiger partial charge is 0.466 e. The summed E-state index contributed by atoms with van der Waals surface area (Å²) in [6.45, 7) is 2.76. The maximum atomic E-state index is 12.8. The predicted octanol–water partition coefficient (Wildman–Crippen LogP) is -0.770. The maximum absolute atomic E-state index is 12.8. The number of aromatic nitrogens is 1. The number of H-pyrrole nitrogens is 1. The van der Waals surface area contributed by atoms with Crippen LogP contribution in [0.3, 0.4) is 0 Å². The first kappa shape index (κ1) is 21.3. The molecule has 1 aliphatic rings. The van der Waals surface area contributed by atoms with Gasteiger partial charge in [-0.3, -0.25) is 14.4 Å². The van der Waals surface area contributed by atoms with Gasteiger partial charge in [0, 0.05) is 10.9 Å². The van der Waals surface area contributed by atoms with Crippen LogP contribution in [0.25, 0.3) is 10.9 Å². The number of hydrogen-bond donors (Lipinski definition) is 4. The maximum Gasteiger partial charge on any atom is 0.356 e. The summed E-state index contributed by atoms with van der Waals surface area (Å²) in [7, 11) is 1.26. The SMILES string of the molecule is CCOC(=O)C[C@@H]1C(=O)NCC[NH+]1CC(=O)Nc1c(C(=O)OC)[nH]c2ccccc12. The summed E-state index contributed by atoms with van der Waals surface area (Å²) < 4.78 is 9.75. The van der Waals surface area contributed by atoms with Crippen LogP contribution in [0, 0.1) is 0 Å². The minimum atomic E-state index is -0.716. The number of methoxy groups -OCH3 is 1. The van der Waals surface area contributed by atoms with E-state index in [-0.39, 0.29) is 37.1 Å². The first-order valence-corrected chi connectivity index (χ1v) is 9.71. The number of para-hydroxylation sites is 1. The fourth-order valence-electron chi connectivity index (χ4n) is 3.58. The van der Waals surface area contributed by atoms with Crippen molar-refractivity contribution in [2.45, 2.75) is 19.4 Å². The molecule has 1 aromatic heterocycles. The molecule has 10 nitrogen and oxygen atoms in total. The van der Waals surface area contributed by atoms with E-state index in [9.17, 15) is 19.2 Å².